The number of nitrogens with zero attached hydrogens (tertiary/aromatic N) is 3. The van der Waals surface area contributed by atoms with Crippen LogP contribution in [0.2, 0.25) is 5.02 Å². The van der Waals surface area contributed by atoms with E-state index in [-0.39, 0.29) is 12.3 Å². The van der Waals surface area contributed by atoms with Crippen LogP contribution in [0.4, 0.5) is 0 Å². The standard InChI is InChI=1S/C17H15ClN4O2/c18-14-3-1-12(2-4-14)11-20-15(23)5-6-16-21-17(22-24-16)13-7-9-19-10-8-13/h1-4,7-10H,5-6,11H2,(H,20,23). The number of aryl methyl sites for hydroxylation is 1. The van der Waals surface area contributed by atoms with Crippen molar-refractivity contribution in [3.05, 3.63) is 65.3 Å². The van der Waals surface area contributed by atoms with Crippen LogP contribution in [0.15, 0.2) is 53.3 Å². The Balaban J connectivity index is 1.48. The molecule has 0 saturated heterocycles. The molecule has 0 unspecified atom stereocenters. The van der Waals surface area contributed by atoms with Crippen LogP contribution < -0.4 is 5.32 Å². The monoisotopic (exact) mass is 342 g/mol. The van der Waals surface area contributed by atoms with E-state index in [1.807, 2.05) is 12.1 Å². The number of halogens is 1. The van der Waals surface area contributed by atoms with Gasteiger partial charge >= 0.3 is 0 Å². The van der Waals surface area contributed by atoms with Crippen LogP contribution in [-0.4, -0.2) is 21.0 Å². The summed E-state index contributed by atoms with van der Waals surface area (Å²) in [5.74, 6) is 0.853. The lowest BCUT2D eigenvalue weighted by Gasteiger charge is -2.04. The Bertz CT molecular complexity index is 803. The summed E-state index contributed by atoms with van der Waals surface area (Å²) in [4.78, 5) is 20.1. The highest BCUT2D eigenvalue weighted by Crippen LogP contribution is 2.14. The predicted molar refractivity (Wildman–Crippen MR) is 89.1 cm³/mol. The Morgan fingerprint density at radius 2 is 1.88 bits per heavy atom. The number of carbonyl (C=O) groups excluding carboxylic acids is 1. The molecule has 3 rings (SSSR count). The van der Waals surface area contributed by atoms with Gasteiger partial charge in [-0.1, -0.05) is 28.9 Å². The molecule has 0 fully saturated rings. The SMILES string of the molecule is O=C(CCc1nc(-c2ccncc2)no1)NCc1ccc(Cl)cc1. The van der Waals surface area contributed by atoms with Crippen LogP contribution in [0, 0.1) is 0 Å². The maximum Gasteiger partial charge on any atom is 0.227 e. The number of pyridine rings is 1. The molecule has 0 radical (unpaired) electrons. The van der Waals surface area contributed by atoms with E-state index < -0.39 is 0 Å². The maximum absolute atomic E-state index is 11.9. The maximum atomic E-state index is 11.9. The third-order valence-electron chi connectivity index (χ3n) is 3.38. The molecule has 0 bridgehead atoms. The lowest BCUT2D eigenvalue weighted by molar-refractivity contribution is -0.121. The fourth-order valence-electron chi connectivity index (χ4n) is 2.09. The zero-order chi connectivity index (χ0) is 16.8. The first-order chi connectivity index (χ1) is 11.7. The number of amides is 1. The van der Waals surface area contributed by atoms with Gasteiger partial charge in [0.25, 0.3) is 0 Å². The van der Waals surface area contributed by atoms with Gasteiger partial charge in [0.05, 0.1) is 0 Å². The zero-order valence-corrected chi connectivity index (χ0v) is 13.5. The third-order valence-corrected chi connectivity index (χ3v) is 3.63. The summed E-state index contributed by atoms with van der Waals surface area (Å²) in [5.41, 5.74) is 1.82. The Morgan fingerprint density at radius 3 is 2.62 bits per heavy atom. The van der Waals surface area contributed by atoms with Gasteiger partial charge < -0.3 is 9.84 Å². The second-order valence-electron chi connectivity index (χ2n) is 5.15. The van der Waals surface area contributed by atoms with Gasteiger partial charge in [-0.15, -0.1) is 0 Å². The second kappa shape index (κ2) is 7.70. The molecule has 7 heteroatoms. The molecular formula is C17H15ClN4O2. The van der Waals surface area contributed by atoms with Crippen LogP contribution in [0.1, 0.15) is 17.9 Å². The van der Waals surface area contributed by atoms with Crippen molar-refractivity contribution in [3.8, 4) is 11.4 Å². The minimum Gasteiger partial charge on any atom is -0.352 e. The van der Waals surface area contributed by atoms with E-state index in [1.165, 1.54) is 0 Å². The normalized spacial score (nSPS) is 10.5. The number of hydrogen-bond acceptors (Lipinski definition) is 5. The van der Waals surface area contributed by atoms with E-state index in [2.05, 4.69) is 20.4 Å². The fourth-order valence-corrected chi connectivity index (χ4v) is 2.21. The Hall–Kier alpha value is -2.73. The highest BCUT2D eigenvalue weighted by Gasteiger charge is 2.10. The largest absolute Gasteiger partial charge is 0.352 e. The molecule has 6 nitrogen and oxygen atoms in total. The van der Waals surface area contributed by atoms with Crippen LogP contribution in [-0.2, 0) is 17.8 Å². The van der Waals surface area contributed by atoms with Crippen LogP contribution >= 0.6 is 11.6 Å². The molecule has 24 heavy (non-hydrogen) atoms. The summed E-state index contributed by atoms with van der Waals surface area (Å²) in [5, 5.41) is 7.43. The first-order valence-corrected chi connectivity index (χ1v) is 7.82. The predicted octanol–water partition coefficient (Wildman–Crippen LogP) is 3.03. The number of aromatic nitrogens is 3. The summed E-state index contributed by atoms with van der Waals surface area (Å²) in [6.45, 7) is 0.460. The van der Waals surface area contributed by atoms with E-state index in [4.69, 9.17) is 16.1 Å². The van der Waals surface area contributed by atoms with Gasteiger partial charge in [-0.05, 0) is 29.8 Å². The van der Waals surface area contributed by atoms with Gasteiger partial charge in [0, 0.05) is 42.4 Å². The van der Waals surface area contributed by atoms with Gasteiger partial charge in [-0.2, -0.15) is 4.98 Å². The first kappa shape index (κ1) is 16.1. The fraction of sp³-hybridized carbons (Fsp3) is 0.176. The number of rotatable bonds is 6. The summed E-state index contributed by atoms with van der Waals surface area (Å²) in [6, 6.07) is 10.9. The van der Waals surface area contributed by atoms with E-state index >= 15 is 0 Å². The average Bonchev–Trinajstić information content (AvgIpc) is 3.09. The summed E-state index contributed by atoms with van der Waals surface area (Å²) >= 11 is 5.82. The Kier molecular flexibility index (Phi) is 5.18. The zero-order valence-electron chi connectivity index (χ0n) is 12.8. The van der Waals surface area contributed by atoms with Gasteiger partial charge in [0.2, 0.25) is 17.6 Å². The molecule has 3 aromatic rings. The van der Waals surface area contributed by atoms with E-state index in [1.54, 1.807) is 36.7 Å². The molecule has 0 saturated carbocycles. The summed E-state index contributed by atoms with van der Waals surface area (Å²) in [6.07, 6.45) is 4.00. The molecular weight excluding hydrogens is 328 g/mol. The molecule has 1 N–H and O–H groups in total. The smallest absolute Gasteiger partial charge is 0.227 e. The molecule has 0 spiro atoms. The van der Waals surface area contributed by atoms with E-state index in [0.29, 0.717) is 29.7 Å². The number of benzene rings is 1. The van der Waals surface area contributed by atoms with Crippen molar-refractivity contribution >= 4 is 17.5 Å². The van der Waals surface area contributed by atoms with Crippen molar-refractivity contribution in [1.29, 1.82) is 0 Å². The Labute approximate surface area is 143 Å². The van der Waals surface area contributed by atoms with Gasteiger partial charge in [0.1, 0.15) is 0 Å². The van der Waals surface area contributed by atoms with Gasteiger partial charge in [-0.3, -0.25) is 9.78 Å². The number of hydrogen-bond donors (Lipinski definition) is 1. The van der Waals surface area contributed by atoms with Gasteiger partial charge in [-0.25, -0.2) is 0 Å². The van der Waals surface area contributed by atoms with Crippen molar-refractivity contribution < 1.29 is 9.32 Å². The summed E-state index contributed by atoms with van der Waals surface area (Å²) in [7, 11) is 0. The van der Waals surface area contributed by atoms with E-state index in [9.17, 15) is 4.79 Å². The van der Waals surface area contributed by atoms with Gasteiger partial charge in [0.15, 0.2) is 0 Å². The quantitative estimate of drug-likeness (QED) is 0.744. The average molecular weight is 343 g/mol. The third kappa shape index (κ3) is 4.39. The minimum atomic E-state index is -0.0754. The van der Waals surface area contributed by atoms with Crippen LogP contribution in [0.5, 0.6) is 0 Å². The Morgan fingerprint density at radius 1 is 1.12 bits per heavy atom. The molecule has 0 aliphatic heterocycles. The number of carbonyl (C=O) groups is 1. The summed E-state index contributed by atoms with van der Waals surface area (Å²) < 4.78 is 5.17. The van der Waals surface area contributed by atoms with Crippen molar-refractivity contribution in [2.75, 3.05) is 0 Å². The molecule has 2 aromatic heterocycles. The van der Waals surface area contributed by atoms with Crippen LogP contribution in [0.3, 0.4) is 0 Å². The highest BCUT2D eigenvalue weighted by molar-refractivity contribution is 6.30. The molecule has 0 aliphatic rings. The molecule has 0 atom stereocenters. The lowest BCUT2D eigenvalue weighted by atomic mass is 10.2. The van der Waals surface area contributed by atoms with Crippen molar-refractivity contribution in [3.63, 3.8) is 0 Å². The molecule has 0 aliphatic carbocycles. The first-order valence-electron chi connectivity index (χ1n) is 7.45. The number of nitrogens with one attached hydrogen (secondary N) is 1. The minimum absolute atomic E-state index is 0.0754. The second-order valence-corrected chi connectivity index (χ2v) is 5.59. The van der Waals surface area contributed by atoms with Crippen molar-refractivity contribution in [2.24, 2.45) is 0 Å². The van der Waals surface area contributed by atoms with Crippen molar-refractivity contribution in [1.82, 2.24) is 20.4 Å². The molecule has 1 aromatic carbocycles. The molecule has 1 amide bonds. The topological polar surface area (TPSA) is 80.9 Å². The molecule has 2 heterocycles. The van der Waals surface area contributed by atoms with E-state index in [0.717, 1.165) is 11.1 Å². The highest BCUT2D eigenvalue weighted by atomic mass is 35.5. The van der Waals surface area contributed by atoms with Crippen LogP contribution in [0.25, 0.3) is 11.4 Å². The molecule has 122 valence electrons. The lowest BCUT2D eigenvalue weighted by Crippen LogP contribution is -2.23. The van der Waals surface area contributed by atoms with Crippen molar-refractivity contribution in [2.45, 2.75) is 19.4 Å².